The first-order valence-corrected chi connectivity index (χ1v) is 7.36. The minimum atomic E-state index is -0.802. The molecule has 5 nitrogen and oxygen atoms in total. The lowest BCUT2D eigenvalue weighted by Crippen LogP contribution is -2.40. The van der Waals surface area contributed by atoms with Gasteiger partial charge in [-0.25, -0.2) is 9.86 Å². The highest BCUT2D eigenvalue weighted by atomic mass is 16.5. The summed E-state index contributed by atoms with van der Waals surface area (Å²) in [7, 11) is 1.66. The predicted molar refractivity (Wildman–Crippen MR) is 84.0 cm³/mol. The molecule has 0 heterocycles. The Bertz CT molecular complexity index is 716. The van der Waals surface area contributed by atoms with Gasteiger partial charge in [0.2, 0.25) is 0 Å². The fourth-order valence-electron chi connectivity index (χ4n) is 3.11. The van der Waals surface area contributed by atoms with Gasteiger partial charge in [0, 0.05) is 0 Å². The number of carbonyl (C=O) groups is 1. The van der Waals surface area contributed by atoms with Crippen LogP contribution < -0.4 is 10.5 Å². The van der Waals surface area contributed by atoms with Crippen molar-refractivity contribution in [3.05, 3.63) is 42.0 Å². The van der Waals surface area contributed by atoms with Crippen LogP contribution in [0.2, 0.25) is 0 Å². The number of hydrogen-bond acceptors (Lipinski definition) is 3. The second-order valence-electron chi connectivity index (χ2n) is 5.90. The van der Waals surface area contributed by atoms with Crippen LogP contribution in [0, 0.1) is 5.92 Å². The second-order valence-corrected chi connectivity index (χ2v) is 5.90. The van der Waals surface area contributed by atoms with Crippen molar-refractivity contribution in [2.75, 3.05) is 7.11 Å². The summed E-state index contributed by atoms with van der Waals surface area (Å²) in [5.74, 6) is 1.44. The van der Waals surface area contributed by atoms with E-state index in [-0.39, 0.29) is 12.0 Å². The van der Waals surface area contributed by atoms with E-state index in [4.69, 9.17) is 10.5 Å². The number of ether oxygens (including phenoxy) is 1. The monoisotopic (exact) mass is 300 g/mol. The first-order valence-electron chi connectivity index (χ1n) is 7.36. The molecule has 0 bridgehead atoms. The molecule has 3 atom stereocenters. The van der Waals surface area contributed by atoms with Crippen molar-refractivity contribution in [2.45, 2.75) is 25.3 Å². The zero-order valence-electron chi connectivity index (χ0n) is 12.7. The number of nitrogens with two attached hydrogens (primary N) is 1. The third-order valence-electron chi connectivity index (χ3n) is 4.57. The first kappa shape index (κ1) is 14.7. The smallest absolute Gasteiger partial charge is 0.338 e. The van der Waals surface area contributed by atoms with Gasteiger partial charge < -0.3 is 10.5 Å². The Morgan fingerprint density at radius 3 is 2.68 bits per heavy atom. The number of benzene rings is 2. The van der Waals surface area contributed by atoms with Crippen molar-refractivity contribution >= 4 is 16.8 Å². The van der Waals surface area contributed by atoms with Gasteiger partial charge in [-0.1, -0.05) is 24.3 Å². The van der Waals surface area contributed by atoms with Crippen molar-refractivity contribution in [3.8, 4) is 5.75 Å². The lowest BCUT2D eigenvalue weighted by molar-refractivity contribution is -0.0760. The fourth-order valence-corrected chi connectivity index (χ4v) is 3.11. The third-order valence-corrected chi connectivity index (χ3v) is 4.57. The van der Waals surface area contributed by atoms with Crippen molar-refractivity contribution in [2.24, 2.45) is 11.7 Å². The van der Waals surface area contributed by atoms with Gasteiger partial charge >= 0.3 is 6.03 Å². The summed E-state index contributed by atoms with van der Waals surface area (Å²) in [6.07, 6.45) is 0.952. The zero-order chi connectivity index (χ0) is 15.9. The van der Waals surface area contributed by atoms with Crippen LogP contribution in [0.1, 0.15) is 24.8 Å². The number of urea groups is 1. The van der Waals surface area contributed by atoms with E-state index in [2.05, 4.69) is 18.2 Å². The van der Waals surface area contributed by atoms with Crippen molar-refractivity contribution in [1.82, 2.24) is 5.06 Å². The number of primary amides is 1. The van der Waals surface area contributed by atoms with Gasteiger partial charge in [-0.15, -0.1) is 0 Å². The van der Waals surface area contributed by atoms with E-state index in [1.54, 1.807) is 7.11 Å². The summed E-state index contributed by atoms with van der Waals surface area (Å²) in [5, 5.41) is 12.6. The van der Waals surface area contributed by atoms with Gasteiger partial charge in [-0.05, 0) is 53.6 Å². The summed E-state index contributed by atoms with van der Waals surface area (Å²) < 4.78 is 5.23. The Morgan fingerprint density at radius 2 is 2.00 bits per heavy atom. The number of carbonyl (C=O) groups excluding carboxylic acids is 1. The van der Waals surface area contributed by atoms with Crippen LogP contribution in [0.4, 0.5) is 4.79 Å². The largest absolute Gasteiger partial charge is 0.497 e. The molecule has 2 aromatic carbocycles. The number of hydrogen-bond donors (Lipinski definition) is 2. The van der Waals surface area contributed by atoms with Crippen LogP contribution in [-0.2, 0) is 0 Å². The topological polar surface area (TPSA) is 75.8 Å². The lowest BCUT2D eigenvalue weighted by atomic mass is 10.0. The van der Waals surface area contributed by atoms with Crippen LogP contribution in [0.25, 0.3) is 10.8 Å². The second kappa shape index (κ2) is 5.50. The predicted octanol–water partition coefficient (Wildman–Crippen LogP) is 3.11. The van der Waals surface area contributed by atoms with E-state index in [1.165, 1.54) is 5.56 Å². The van der Waals surface area contributed by atoms with E-state index >= 15 is 0 Å². The standard InChI is InChI=1S/C17H20N2O3/c1-10(19(21)17(18)20)15-9-16(15)13-4-3-12-8-14(22-2)6-5-11(12)7-13/h3-8,10,15-16,21H,9H2,1-2H3,(H2,18,20). The number of nitrogens with zero attached hydrogens (tertiary/aromatic N) is 1. The van der Waals surface area contributed by atoms with E-state index in [9.17, 15) is 10.0 Å². The molecule has 0 aromatic heterocycles. The molecule has 3 rings (SSSR count). The van der Waals surface area contributed by atoms with Crippen LogP contribution in [0.3, 0.4) is 0 Å². The Hall–Kier alpha value is -2.27. The quantitative estimate of drug-likeness (QED) is 0.673. The summed E-state index contributed by atoms with van der Waals surface area (Å²) in [4.78, 5) is 11.0. The molecular formula is C17H20N2O3. The maximum absolute atomic E-state index is 11.0. The molecule has 1 saturated carbocycles. The highest BCUT2D eigenvalue weighted by Crippen LogP contribution is 2.51. The SMILES string of the molecule is COc1ccc2cc(C3CC3C(C)N(O)C(N)=O)ccc2c1. The summed E-state index contributed by atoms with van der Waals surface area (Å²) in [6, 6.07) is 11.3. The van der Waals surface area contributed by atoms with E-state index < -0.39 is 6.03 Å². The molecule has 3 unspecified atom stereocenters. The van der Waals surface area contributed by atoms with Crippen LogP contribution in [0.5, 0.6) is 5.75 Å². The fraction of sp³-hybridized carbons (Fsp3) is 0.353. The normalized spacial score (nSPS) is 21.4. The first-order chi connectivity index (χ1) is 10.5. The molecule has 1 aliphatic carbocycles. The molecule has 0 spiro atoms. The summed E-state index contributed by atoms with van der Waals surface area (Å²) in [6.45, 7) is 1.82. The van der Waals surface area contributed by atoms with Crippen molar-refractivity contribution in [3.63, 3.8) is 0 Å². The molecule has 5 heteroatoms. The number of fused-ring (bicyclic) bond motifs is 1. The Morgan fingerprint density at radius 1 is 1.32 bits per heavy atom. The maximum atomic E-state index is 11.0. The average Bonchev–Trinajstić information content (AvgIpc) is 3.32. The molecule has 22 heavy (non-hydrogen) atoms. The number of amides is 2. The van der Waals surface area contributed by atoms with Crippen LogP contribution in [-0.4, -0.2) is 29.5 Å². The van der Waals surface area contributed by atoms with Gasteiger partial charge in [-0.2, -0.15) is 0 Å². The number of methoxy groups -OCH3 is 1. The number of hydroxylamine groups is 2. The Kier molecular flexibility index (Phi) is 3.66. The average molecular weight is 300 g/mol. The highest BCUT2D eigenvalue weighted by Gasteiger charge is 2.44. The van der Waals surface area contributed by atoms with Gasteiger partial charge in [0.15, 0.2) is 0 Å². The molecular weight excluding hydrogens is 280 g/mol. The molecule has 116 valence electrons. The van der Waals surface area contributed by atoms with E-state index in [0.717, 1.165) is 22.9 Å². The van der Waals surface area contributed by atoms with E-state index in [0.29, 0.717) is 11.0 Å². The maximum Gasteiger partial charge on any atom is 0.338 e. The number of rotatable bonds is 4. The van der Waals surface area contributed by atoms with Gasteiger partial charge in [0.1, 0.15) is 5.75 Å². The van der Waals surface area contributed by atoms with Crippen molar-refractivity contribution < 1.29 is 14.7 Å². The minimum Gasteiger partial charge on any atom is -0.497 e. The Balaban J connectivity index is 1.79. The molecule has 1 aliphatic rings. The molecule has 0 aliphatic heterocycles. The minimum absolute atomic E-state index is 0.244. The van der Waals surface area contributed by atoms with Gasteiger partial charge in [-0.3, -0.25) is 5.21 Å². The van der Waals surface area contributed by atoms with Crippen LogP contribution >= 0.6 is 0 Å². The van der Waals surface area contributed by atoms with Gasteiger partial charge in [0.25, 0.3) is 0 Å². The van der Waals surface area contributed by atoms with E-state index in [1.807, 2.05) is 25.1 Å². The summed E-state index contributed by atoms with van der Waals surface area (Å²) in [5.41, 5.74) is 6.34. The molecule has 2 amide bonds. The van der Waals surface area contributed by atoms with Crippen LogP contribution in [0.15, 0.2) is 36.4 Å². The van der Waals surface area contributed by atoms with Gasteiger partial charge in [0.05, 0.1) is 13.2 Å². The zero-order valence-corrected chi connectivity index (χ0v) is 12.7. The molecule has 1 fully saturated rings. The third kappa shape index (κ3) is 2.60. The lowest BCUT2D eigenvalue weighted by Gasteiger charge is -2.20. The molecule has 0 radical (unpaired) electrons. The molecule has 3 N–H and O–H groups in total. The molecule has 0 saturated heterocycles. The highest BCUT2D eigenvalue weighted by molar-refractivity contribution is 5.84. The molecule has 2 aromatic rings. The van der Waals surface area contributed by atoms with Crippen molar-refractivity contribution in [1.29, 1.82) is 0 Å². The Labute approximate surface area is 129 Å². The summed E-state index contributed by atoms with van der Waals surface area (Å²) >= 11 is 0.